The largest absolute Gasteiger partial charge is 0.483 e. The van der Waals surface area contributed by atoms with Crippen molar-refractivity contribution in [3.63, 3.8) is 0 Å². The number of halogens is 3. The summed E-state index contributed by atoms with van der Waals surface area (Å²) in [5.74, 6) is -2.67. The van der Waals surface area contributed by atoms with E-state index < -0.39 is 29.2 Å². The van der Waals surface area contributed by atoms with Crippen LogP contribution in [0.25, 0.3) is 0 Å². The molecule has 2 aromatic rings. The van der Waals surface area contributed by atoms with Crippen LogP contribution in [0.3, 0.4) is 0 Å². The minimum absolute atomic E-state index is 0.0389. The number of amides is 1. The molecule has 21 heavy (non-hydrogen) atoms. The minimum Gasteiger partial charge on any atom is -0.483 e. The van der Waals surface area contributed by atoms with E-state index in [1.807, 2.05) is 5.32 Å². The normalized spacial score (nSPS) is 10.2. The third-order valence-corrected chi connectivity index (χ3v) is 3.21. The first-order valence-electron chi connectivity index (χ1n) is 5.83. The average Bonchev–Trinajstić information content (AvgIpc) is 2.44. The summed E-state index contributed by atoms with van der Waals surface area (Å²) in [6.07, 6.45) is -1.46. The van der Waals surface area contributed by atoms with E-state index in [1.54, 1.807) is 30.3 Å². The van der Waals surface area contributed by atoms with E-state index in [1.165, 1.54) is 0 Å². The molecule has 0 saturated heterocycles. The summed E-state index contributed by atoms with van der Waals surface area (Å²) in [6.45, 7) is -0.0389. The Morgan fingerprint density at radius 2 is 1.95 bits per heavy atom. The van der Waals surface area contributed by atoms with Gasteiger partial charge in [0.15, 0.2) is 17.4 Å². The summed E-state index contributed by atoms with van der Waals surface area (Å²) in [5, 5.41) is 10.5. The SMILES string of the molecule is O=C(O)Nc1c(Br)cc(F)c(OCc2ccccc2)c1F. The fraction of sp³-hybridized carbons (Fsp3) is 0.0714. The van der Waals surface area contributed by atoms with Crippen LogP contribution in [-0.4, -0.2) is 11.2 Å². The van der Waals surface area contributed by atoms with Gasteiger partial charge in [-0.05, 0) is 27.6 Å². The van der Waals surface area contributed by atoms with Crippen LogP contribution < -0.4 is 10.1 Å². The molecule has 0 unspecified atom stereocenters. The summed E-state index contributed by atoms with van der Waals surface area (Å²) in [7, 11) is 0. The maximum absolute atomic E-state index is 14.1. The second-order valence-corrected chi connectivity index (χ2v) is 4.92. The van der Waals surface area contributed by atoms with Crippen molar-refractivity contribution in [3.05, 3.63) is 58.1 Å². The van der Waals surface area contributed by atoms with Crippen molar-refractivity contribution < 1.29 is 23.4 Å². The quantitative estimate of drug-likeness (QED) is 0.852. The predicted molar refractivity (Wildman–Crippen MR) is 76.5 cm³/mol. The van der Waals surface area contributed by atoms with Crippen molar-refractivity contribution in [2.24, 2.45) is 0 Å². The van der Waals surface area contributed by atoms with Gasteiger partial charge in [0, 0.05) is 4.47 Å². The first-order chi connectivity index (χ1) is 9.99. The Morgan fingerprint density at radius 1 is 1.29 bits per heavy atom. The zero-order chi connectivity index (χ0) is 15.4. The molecular formula is C14H10BrF2NO3. The fourth-order valence-electron chi connectivity index (χ4n) is 1.66. The fourth-order valence-corrected chi connectivity index (χ4v) is 2.13. The zero-order valence-electron chi connectivity index (χ0n) is 10.6. The van der Waals surface area contributed by atoms with Crippen LogP contribution in [0.4, 0.5) is 19.3 Å². The molecule has 0 aliphatic carbocycles. The highest BCUT2D eigenvalue weighted by atomic mass is 79.9. The van der Waals surface area contributed by atoms with Gasteiger partial charge in [0.05, 0.1) is 5.69 Å². The lowest BCUT2D eigenvalue weighted by Crippen LogP contribution is -2.11. The lowest BCUT2D eigenvalue weighted by Gasteiger charge is -2.13. The molecule has 0 bridgehead atoms. The van der Waals surface area contributed by atoms with Crippen LogP contribution in [0.1, 0.15) is 5.56 Å². The Morgan fingerprint density at radius 3 is 2.57 bits per heavy atom. The summed E-state index contributed by atoms with van der Waals surface area (Å²) in [5.41, 5.74) is 0.332. The van der Waals surface area contributed by atoms with E-state index in [-0.39, 0.29) is 11.1 Å². The number of hydrogen-bond acceptors (Lipinski definition) is 2. The highest BCUT2D eigenvalue weighted by Crippen LogP contribution is 2.35. The topological polar surface area (TPSA) is 58.6 Å². The van der Waals surface area contributed by atoms with Gasteiger partial charge in [-0.3, -0.25) is 5.32 Å². The Balaban J connectivity index is 2.28. The first-order valence-corrected chi connectivity index (χ1v) is 6.62. The van der Waals surface area contributed by atoms with Crippen LogP contribution in [0.2, 0.25) is 0 Å². The number of benzene rings is 2. The Kier molecular flexibility index (Phi) is 4.74. The molecule has 0 spiro atoms. The van der Waals surface area contributed by atoms with Crippen LogP contribution in [0, 0.1) is 11.6 Å². The smallest absolute Gasteiger partial charge is 0.409 e. The highest BCUT2D eigenvalue weighted by molar-refractivity contribution is 9.10. The summed E-state index contributed by atoms with van der Waals surface area (Å²) in [4.78, 5) is 10.6. The van der Waals surface area contributed by atoms with Crippen molar-refractivity contribution in [1.82, 2.24) is 0 Å². The molecule has 1 amide bonds. The van der Waals surface area contributed by atoms with Crippen molar-refractivity contribution in [3.8, 4) is 5.75 Å². The summed E-state index contributed by atoms with van der Waals surface area (Å²) >= 11 is 2.90. The standard InChI is InChI=1S/C14H10BrF2NO3/c15-9-6-10(16)13(11(17)12(9)18-14(19)20)21-7-8-4-2-1-3-5-8/h1-6,18H,7H2,(H,19,20). The molecule has 0 atom stereocenters. The minimum atomic E-state index is -1.46. The molecule has 2 aromatic carbocycles. The summed E-state index contributed by atoms with van der Waals surface area (Å²) in [6, 6.07) is 9.76. The molecule has 0 aliphatic heterocycles. The van der Waals surface area contributed by atoms with Crippen molar-refractivity contribution in [2.45, 2.75) is 6.61 Å². The van der Waals surface area contributed by atoms with Crippen LogP contribution in [-0.2, 0) is 6.61 Å². The van der Waals surface area contributed by atoms with Gasteiger partial charge in [-0.25, -0.2) is 13.6 Å². The van der Waals surface area contributed by atoms with E-state index >= 15 is 0 Å². The molecule has 4 nitrogen and oxygen atoms in total. The third kappa shape index (κ3) is 3.69. The molecule has 7 heteroatoms. The Bertz CT molecular complexity index is 665. The Hall–Kier alpha value is -2.15. The molecule has 110 valence electrons. The zero-order valence-corrected chi connectivity index (χ0v) is 12.2. The number of hydrogen-bond donors (Lipinski definition) is 2. The number of nitrogens with one attached hydrogen (secondary N) is 1. The van der Waals surface area contributed by atoms with E-state index in [0.29, 0.717) is 0 Å². The molecule has 2 rings (SSSR count). The van der Waals surface area contributed by atoms with Crippen molar-refractivity contribution in [2.75, 3.05) is 5.32 Å². The van der Waals surface area contributed by atoms with Gasteiger partial charge in [-0.2, -0.15) is 0 Å². The first kappa shape index (κ1) is 15.2. The lowest BCUT2D eigenvalue weighted by atomic mass is 10.2. The monoisotopic (exact) mass is 357 g/mol. The summed E-state index contributed by atoms with van der Waals surface area (Å²) < 4.78 is 33.0. The predicted octanol–water partition coefficient (Wildman–Crippen LogP) is 4.40. The van der Waals surface area contributed by atoms with Gasteiger partial charge in [0.25, 0.3) is 0 Å². The maximum atomic E-state index is 14.1. The van der Waals surface area contributed by atoms with Crippen LogP contribution in [0.15, 0.2) is 40.9 Å². The number of anilines is 1. The number of rotatable bonds is 4. The van der Waals surface area contributed by atoms with Crippen molar-refractivity contribution >= 4 is 27.7 Å². The van der Waals surface area contributed by atoms with Crippen LogP contribution >= 0.6 is 15.9 Å². The highest BCUT2D eigenvalue weighted by Gasteiger charge is 2.20. The number of carbonyl (C=O) groups is 1. The van der Waals surface area contributed by atoms with E-state index in [9.17, 15) is 13.6 Å². The van der Waals surface area contributed by atoms with Gasteiger partial charge >= 0.3 is 6.09 Å². The van der Waals surface area contributed by atoms with Gasteiger partial charge in [0.1, 0.15) is 6.61 Å². The van der Waals surface area contributed by atoms with E-state index in [2.05, 4.69) is 15.9 Å². The van der Waals surface area contributed by atoms with Gasteiger partial charge < -0.3 is 9.84 Å². The molecule has 0 radical (unpaired) electrons. The van der Waals surface area contributed by atoms with Crippen LogP contribution in [0.5, 0.6) is 5.75 Å². The van der Waals surface area contributed by atoms with Gasteiger partial charge in [-0.1, -0.05) is 30.3 Å². The van der Waals surface area contributed by atoms with Gasteiger partial charge in [-0.15, -0.1) is 0 Å². The van der Waals surface area contributed by atoms with Crippen molar-refractivity contribution in [1.29, 1.82) is 0 Å². The Labute approximate surface area is 127 Å². The van der Waals surface area contributed by atoms with Gasteiger partial charge in [0.2, 0.25) is 0 Å². The molecule has 0 heterocycles. The maximum Gasteiger partial charge on any atom is 0.409 e. The molecular weight excluding hydrogens is 348 g/mol. The molecule has 2 N–H and O–H groups in total. The molecule has 0 aromatic heterocycles. The second kappa shape index (κ2) is 6.53. The average molecular weight is 358 g/mol. The molecule has 0 fully saturated rings. The number of ether oxygens (including phenoxy) is 1. The third-order valence-electron chi connectivity index (χ3n) is 2.59. The number of carboxylic acid groups (broad SMARTS) is 1. The van der Waals surface area contributed by atoms with E-state index in [0.717, 1.165) is 11.6 Å². The molecule has 0 saturated carbocycles. The molecule has 0 aliphatic rings. The van der Waals surface area contributed by atoms with E-state index in [4.69, 9.17) is 9.84 Å². The second-order valence-electron chi connectivity index (χ2n) is 4.06. The lowest BCUT2D eigenvalue weighted by molar-refractivity contribution is 0.209.